The van der Waals surface area contributed by atoms with Crippen molar-refractivity contribution in [1.82, 2.24) is 15.1 Å². The SMILES string of the molecule is OCC1CCCN(Cc2nnc(-c3ccc(Br)o3)o2)C1. The van der Waals surface area contributed by atoms with Crippen molar-refractivity contribution in [2.24, 2.45) is 5.92 Å². The van der Waals surface area contributed by atoms with E-state index < -0.39 is 0 Å². The van der Waals surface area contributed by atoms with Crippen molar-refractivity contribution in [3.8, 4) is 11.7 Å². The van der Waals surface area contributed by atoms with Gasteiger partial charge in [0.15, 0.2) is 10.4 Å². The third-order valence-corrected chi connectivity index (χ3v) is 3.90. The molecule has 1 N–H and O–H groups in total. The molecule has 0 spiro atoms. The number of aliphatic hydroxyl groups excluding tert-OH is 1. The minimum absolute atomic E-state index is 0.242. The first-order valence-corrected chi connectivity index (χ1v) is 7.45. The van der Waals surface area contributed by atoms with E-state index in [4.69, 9.17) is 8.83 Å². The molecule has 0 bridgehead atoms. The Kier molecular flexibility index (Phi) is 4.18. The van der Waals surface area contributed by atoms with Crippen LogP contribution in [0.1, 0.15) is 18.7 Å². The van der Waals surface area contributed by atoms with Gasteiger partial charge in [-0.3, -0.25) is 4.90 Å². The summed E-state index contributed by atoms with van der Waals surface area (Å²) in [6.07, 6.45) is 2.18. The zero-order valence-corrected chi connectivity index (χ0v) is 12.5. The fourth-order valence-corrected chi connectivity index (χ4v) is 2.79. The van der Waals surface area contributed by atoms with Gasteiger partial charge in [-0.1, -0.05) is 0 Å². The van der Waals surface area contributed by atoms with E-state index in [-0.39, 0.29) is 6.61 Å². The highest BCUT2D eigenvalue weighted by molar-refractivity contribution is 9.10. The summed E-state index contributed by atoms with van der Waals surface area (Å²) >= 11 is 3.24. The lowest BCUT2D eigenvalue weighted by atomic mass is 9.99. The molecule has 2 aromatic rings. The highest BCUT2D eigenvalue weighted by Gasteiger charge is 2.21. The average molecular weight is 342 g/mol. The number of aromatic nitrogens is 2. The van der Waals surface area contributed by atoms with Crippen molar-refractivity contribution in [1.29, 1.82) is 0 Å². The molecule has 2 aromatic heterocycles. The zero-order valence-electron chi connectivity index (χ0n) is 11.0. The number of rotatable bonds is 4. The van der Waals surface area contributed by atoms with Crippen LogP contribution in [0.4, 0.5) is 0 Å². The highest BCUT2D eigenvalue weighted by atomic mass is 79.9. The number of likely N-dealkylation sites (tertiary alicyclic amines) is 1. The lowest BCUT2D eigenvalue weighted by Crippen LogP contribution is -2.36. The Morgan fingerprint density at radius 2 is 2.25 bits per heavy atom. The van der Waals surface area contributed by atoms with Crippen LogP contribution < -0.4 is 0 Å². The number of furan rings is 1. The Hall–Kier alpha value is -1.18. The maximum Gasteiger partial charge on any atom is 0.283 e. The van der Waals surface area contributed by atoms with Gasteiger partial charge in [-0.2, -0.15) is 0 Å². The number of piperidine rings is 1. The standard InChI is InChI=1S/C13H16BrN3O3/c14-11-4-3-10(19-11)13-16-15-12(20-13)7-17-5-1-2-9(6-17)8-18/h3-4,9,18H,1-2,5-8H2. The largest absolute Gasteiger partial charge is 0.444 e. The van der Waals surface area contributed by atoms with Crippen LogP contribution in [0.3, 0.4) is 0 Å². The summed E-state index contributed by atoms with van der Waals surface area (Å²) in [5, 5.41) is 17.3. The molecule has 6 nitrogen and oxygen atoms in total. The summed E-state index contributed by atoms with van der Waals surface area (Å²) < 4.78 is 11.6. The van der Waals surface area contributed by atoms with Crippen molar-refractivity contribution in [2.45, 2.75) is 19.4 Å². The second-order valence-electron chi connectivity index (χ2n) is 5.03. The second-order valence-corrected chi connectivity index (χ2v) is 5.81. The molecule has 7 heteroatoms. The fourth-order valence-electron chi connectivity index (χ4n) is 2.48. The monoisotopic (exact) mass is 341 g/mol. The lowest BCUT2D eigenvalue weighted by molar-refractivity contribution is 0.109. The van der Waals surface area contributed by atoms with Crippen LogP contribution in [0.15, 0.2) is 25.6 Å². The minimum atomic E-state index is 0.242. The average Bonchev–Trinajstić information content (AvgIpc) is 3.08. The zero-order chi connectivity index (χ0) is 13.9. The molecule has 1 unspecified atom stereocenters. The molecule has 1 aliphatic rings. The van der Waals surface area contributed by atoms with Crippen LogP contribution in [-0.2, 0) is 6.54 Å². The molecule has 1 fully saturated rings. The topological polar surface area (TPSA) is 75.5 Å². The smallest absolute Gasteiger partial charge is 0.283 e. The highest BCUT2D eigenvalue weighted by Crippen LogP contribution is 2.24. The summed E-state index contributed by atoms with van der Waals surface area (Å²) in [4.78, 5) is 2.24. The van der Waals surface area contributed by atoms with Gasteiger partial charge in [0, 0.05) is 13.2 Å². The molecule has 108 valence electrons. The number of aliphatic hydroxyl groups is 1. The van der Waals surface area contributed by atoms with E-state index in [1.807, 2.05) is 0 Å². The van der Waals surface area contributed by atoms with Crippen molar-refractivity contribution in [3.63, 3.8) is 0 Å². The predicted molar refractivity (Wildman–Crippen MR) is 74.8 cm³/mol. The van der Waals surface area contributed by atoms with Gasteiger partial charge in [-0.15, -0.1) is 10.2 Å². The first kappa shape index (κ1) is 13.8. The second kappa shape index (κ2) is 6.07. The van der Waals surface area contributed by atoms with Gasteiger partial charge in [-0.05, 0) is 53.4 Å². The Morgan fingerprint density at radius 1 is 1.35 bits per heavy atom. The van der Waals surface area contributed by atoms with Gasteiger partial charge in [0.25, 0.3) is 5.89 Å². The number of nitrogens with zero attached hydrogens (tertiary/aromatic N) is 3. The molecular weight excluding hydrogens is 326 g/mol. The van der Waals surface area contributed by atoms with Gasteiger partial charge in [0.2, 0.25) is 5.89 Å². The predicted octanol–water partition coefficient (Wildman–Crippen LogP) is 2.30. The van der Waals surface area contributed by atoms with E-state index in [0.717, 1.165) is 25.9 Å². The number of halogens is 1. The maximum atomic E-state index is 9.24. The molecule has 0 saturated carbocycles. The van der Waals surface area contributed by atoms with Crippen molar-refractivity contribution in [3.05, 3.63) is 22.7 Å². The van der Waals surface area contributed by atoms with Crippen LogP contribution in [-0.4, -0.2) is 39.9 Å². The molecule has 1 saturated heterocycles. The lowest BCUT2D eigenvalue weighted by Gasteiger charge is -2.30. The van der Waals surface area contributed by atoms with E-state index >= 15 is 0 Å². The summed E-state index contributed by atoms with van der Waals surface area (Å²) in [6, 6.07) is 3.57. The third kappa shape index (κ3) is 3.11. The van der Waals surface area contributed by atoms with Crippen LogP contribution in [0.5, 0.6) is 0 Å². The molecule has 3 rings (SSSR count). The van der Waals surface area contributed by atoms with Crippen molar-refractivity contribution in [2.75, 3.05) is 19.7 Å². The van der Waals surface area contributed by atoms with Gasteiger partial charge < -0.3 is 13.9 Å². The normalized spacial score (nSPS) is 20.4. The molecule has 0 amide bonds. The third-order valence-electron chi connectivity index (χ3n) is 3.47. The first-order chi connectivity index (χ1) is 9.74. The molecule has 0 radical (unpaired) electrons. The van der Waals surface area contributed by atoms with Gasteiger partial charge in [0.1, 0.15) is 0 Å². The van der Waals surface area contributed by atoms with Crippen LogP contribution >= 0.6 is 15.9 Å². The Morgan fingerprint density at radius 3 is 3.00 bits per heavy atom. The van der Waals surface area contributed by atoms with E-state index in [2.05, 4.69) is 31.0 Å². The quantitative estimate of drug-likeness (QED) is 0.919. The van der Waals surface area contributed by atoms with Crippen LogP contribution in [0.2, 0.25) is 0 Å². The molecule has 0 aromatic carbocycles. The summed E-state index contributed by atoms with van der Waals surface area (Å²) in [7, 11) is 0. The van der Waals surface area contributed by atoms with Gasteiger partial charge in [0.05, 0.1) is 6.54 Å². The molecule has 0 aliphatic carbocycles. The Balaban J connectivity index is 1.65. The van der Waals surface area contributed by atoms with E-state index in [0.29, 0.717) is 34.7 Å². The molecular formula is C13H16BrN3O3. The van der Waals surface area contributed by atoms with E-state index in [9.17, 15) is 5.11 Å². The Bertz CT molecular complexity index is 569. The fraction of sp³-hybridized carbons (Fsp3) is 0.538. The number of hydrogen-bond acceptors (Lipinski definition) is 6. The van der Waals surface area contributed by atoms with Crippen molar-refractivity contribution < 1.29 is 13.9 Å². The Labute approximate surface area is 124 Å². The van der Waals surface area contributed by atoms with Gasteiger partial charge in [-0.25, -0.2) is 0 Å². The summed E-state index contributed by atoms with van der Waals surface area (Å²) in [6.45, 7) is 2.73. The molecule has 3 heterocycles. The van der Waals surface area contributed by atoms with E-state index in [1.54, 1.807) is 12.1 Å². The number of hydrogen-bond donors (Lipinski definition) is 1. The molecule has 20 heavy (non-hydrogen) atoms. The maximum absolute atomic E-state index is 9.24. The first-order valence-electron chi connectivity index (χ1n) is 6.66. The van der Waals surface area contributed by atoms with E-state index in [1.165, 1.54) is 0 Å². The molecule has 1 aliphatic heterocycles. The van der Waals surface area contributed by atoms with Crippen molar-refractivity contribution >= 4 is 15.9 Å². The minimum Gasteiger partial charge on any atom is -0.444 e. The molecule has 1 atom stereocenters. The summed E-state index contributed by atoms with van der Waals surface area (Å²) in [5.74, 6) is 1.88. The van der Waals surface area contributed by atoms with Gasteiger partial charge >= 0.3 is 0 Å². The summed E-state index contributed by atoms with van der Waals surface area (Å²) in [5.41, 5.74) is 0. The van der Waals surface area contributed by atoms with Crippen LogP contribution in [0.25, 0.3) is 11.7 Å². The van der Waals surface area contributed by atoms with Crippen LogP contribution in [0, 0.1) is 5.92 Å².